The largest absolute Gasteiger partial charge is 0.546 e. The number of ketones is 1. The highest BCUT2D eigenvalue weighted by Crippen LogP contribution is 2.48. The van der Waals surface area contributed by atoms with Gasteiger partial charge in [0.15, 0.2) is 5.78 Å². The zero-order valence-corrected chi connectivity index (χ0v) is 27.9. The van der Waals surface area contributed by atoms with E-state index in [2.05, 4.69) is 67.6 Å². The van der Waals surface area contributed by atoms with Crippen LogP contribution in [0.5, 0.6) is 0 Å². The first-order chi connectivity index (χ1) is 19.1. The quantitative estimate of drug-likeness (QED) is 0.179. The molecule has 5 nitrogen and oxygen atoms in total. The lowest BCUT2D eigenvalue weighted by atomic mass is 9.72. The number of fused-ring (bicyclic) bond motifs is 1. The van der Waals surface area contributed by atoms with Gasteiger partial charge in [0.2, 0.25) is 8.32 Å². The summed E-state index contributed by atoms with van der Waals surface area (Å²) < 4.78 is 12.1. The zero-order valence-electron chi connectivity index (χ0n) is 26.9. The zero-order chi connectivity index (χ0) is 30.3. The number of aromatic nitrogens is 1. The Morgan fingerprint density at radius 3 is 2.32 bits per heavy atom. The summed E-state index contributed by atoms with van der Waals surface area (Å²) >= 11 is 0. The molecule has 0 unspecified atom stereocenters. The van der Waals surface area contributed by atoms with Crippen LogP contribution in [0.4, 0.5) is 0 Å². The number of pyridine rings is 1. The molecule has 6 heteroatoms. The maximum Gasteiger partial charge on any atom is 0.338 e. The summed E-state index contributed by atoms with van der Waals surface area (Å²) in [5.74, 6) is 0.750. The molecule has 0 radical (unpaired) electrons. The van der Waals surface area contributed by atoms with E-state index in [-0.39, 0.29) is 34.0 Å². The van der Waals surface area contributed by atoms with Crippen molar-refractivity contribution in [2.24, 2.45) is 5.41 Å². The van der Waals surface area contributed by atoms with Gasteiger partial charge in [-0.05, 0) is 97.8 Å². The summed E-state index contributed by atoms with van der Waals surface area (Å²) in [6.45, 7) is 22.4. The van der Waals surface area contributed by atoms with Crippen LogP contribution in [0.1, 0.15) is 135 Å². The number of nitrogens with zero attached hydrogens (tertiary/aromatic N) is 1. The van der Waals surface area contributed by atoms with Crippen molar-refractivity contribution in [1.82, 2.24) is 4.98 Å². The first-order valence-corrected chi connectivity index (χ1v) is 18.2. The van der Waals surface area contributed by atoms with E-state index < -0.39 is 8.32 Å². The average Bonchev–Trinajstić information content (AvgIpc) is 3.33. The SMILES string of the molecule is CCOC(=O)c1ccc(C(=O)c2c(C(C)C)nc3c(c2[C@@H]2CCC=C2O[Si](C)(C)C(C)(C)C)CCC(C)(C)C3)cc1. The predicted octanol–water partition coefficient (Wildman–Crippen LogP) is 8.91. The lowest BCUT2D eigenvalue weighted by Gasteiger charge is -2.39. The van der Waals surface area contributed by atoms with E-state index in [1.54, 1.807) is 31.2 Å². The normalized spacial score (nSPS) is 18.6. The van der Waals surface area contributed by atoms with Crippen molar-refractivity contribution in [3.63, 3.8) is 0 Å². The third-order valence-corrected chi connectivity index (χ3v) is 13.6. The van der Waals surface area contributed by atoms with Gasteiger partial charge in [-0.3, -0.25) is 9.78 Å². The topological polar surface area (TPSA) is 65.5 Å². The number of hydrogen-bond donors (Lipinski definition) is 0. The van der Waals surface area contributed by atoms with Crippen LogP contribution in [0.3, 0.4) is 0 Å². The number of carbonyl (C=O) groups excluding carboxylic acids is 2. The Labute approximate surface area is 248 Å². The number of carbonyl (C=O) groups is 2. The Balaban J connectivity index is 1.90. The van der Waals surface area contributed by atoms with Crippen LogP contribution in [0, 0.1) is 5.41 Å². The van der Waals surface area contributed by atoms with Gasteiger partial charge in [0.05, 0.1) is 23.6 Å². The summed E-state index contributed by atoms with van der Waals surface area (Å²) in [5, 5.41) is 0.0745. The lowest BCUT2D eigenvalue weighted by molar-refractivity contribution is 0.0526. The minimum atomic E-state index is -2.08. The molecule has 0 bridgehead atoms. The van der Waals surface area contributed by atoms with Gasteiger partial charge in [-0.25, -0.2) is 4.79 Å². The van der Waals surface area contributed by atoms with Gasteiger partial charge in [0, 0.05) is 22.7 Å². The number of ether oxygens (including phenoxy) is 1. The van der Waals surface area contributed by atoms with Gasteiger partial charge in [-0.1, -0.05) is 60.6 Å². The molecular weight excluding hydrogens is 526 g/mol. The van der Waals surface area contributed by atoms with Gasteiger partial charge >= 0.3 is 5.97 Å². The molecule has 0 aliphatic heterocycles. The van der Waals surface area contributed by atoms with Crippen LogP contribution in [-0.2, 0) is 22.0 Å². The second-order valence-corrected chi connectivity index (χ2v) is 19.2. The van der Waals surface area contributed by atoms with Gasteiger partial charge in [0.1, 0.15) is 0 Å². The van der Waals surface area contributed by atoms with E-state index >= 15 is 0 Å². The number of benzene rings is 1. The Hall–Kier alpha value is -2.73. The second kappa shape index (κ2) is 11.5. The van der Waals surface area contributed by atoms with Gasteiger partial charge in [0.25, 0.3) is 0 Å². The monoisotopic (exact) mass is 575 g/mol. The fourth-order valence-corrected chi connectivity index (χ4v) is 6.95. The van der Waals surface area contributed by atoms with Crippen molar-refractivity contribution in [2.45, 2.75) is 117 Å². The van der Waals surface area contributed by atoms with Crippen LogP contribution in [0.2, 0.25) is 18.1 Å². The maximum atomic E-state index is 14.5. The molecular formula is C35H49NO4Si. The molecule has 1 heterocycles. The number of allylic oxidation sites excluding steroid dienone is 2. The third-order valence-electron chi connectivity index (χ3n) is 9.26. The highest BCUT2D eigenvalue weighted by atomic mass is 28.4. The summed E-state index contributed by atoms with van der Waals surface area (Å²) in [6, 6.07) is 6.89. The highest BCUT2D eigenvalue weighted by Gasteiger charge is 2.43. The highest BCUT2D eigenvalue weighted by molar-refractivity contribution is 6.74. The Bertz CT molecular complexity index is 1350. The molecule has 2 aromatic rings. The minimum absolute atomic E-state index is 0.0298. The summed E-state index contributed by atoms with van der Waals surface area (Å²) in [7, 11) is -2.08. The number of hydrogen-bond acceptors (Lipinski definition) is 5. The van der Waals surface area contributed by atoms with E-state index in [0.29, 0.717) is 17.7 Å². The fraction of sp³-hybridized carbons (Fsp3) is 0.571. The molecule has 0 fully saturated rings. The van der Waals surface area contributed by atoms with Gasteiger partial charge in [-0.15, -0.1) is 0 Å². The van der Waals surface area contributed by atoms with E-state index in [1.807, 2.05) is 0 Å². The smallest absolute Gasteiger partial charge is 0.338 e. The van der Waals surface area contributed by atoms with Crippen LogP contribution in [0.25, 0.3) is 0 Å². The molecule has 2 aliphatic carbocycles. The van der Waals surface area contributed by atoms with E-state index in [1.165, 1.54) is 5.56 Å². The van der Waals surface area contributed by atoms with Crippen molar-refractivity contribution in [1.29, 1.82) is 0 Å². The molecule has 0 spiro atoms. The number of rotatable bonds is 8. The van der Waals surface area contributed by atoms with Gasteiger partial charge < -0.3 is 9.16 Å². The second-order valence-electron chi connectivity index (χ2n) is 14.4. The van der Waals surface area contributed by atoms with Crippen molar-refractivity contribution >= 4 is 20.1 Å². The molecule has 4 rings (SSSR count). The van der Waals surface area contributed by atoms with E-state index in [4.69, 9.17) is 14.1 Å². The molecule has 2 aliphatic rings. The first-order valence-electron chi connectivity index (χ1n) is 15.3. The maximum absolute atomic E-state index is 14.5. The number of esters is 1. The van der Waals surface area contributed by atoms with Crippen molar-refractivity contribution < 1.29 is 18.8 Å². The van der Waals surface area contributed by atoms with Crippen molar-refractivity contribution in [3.8, 4) is 0 Å². The summed E-state index contributed by atoms with van der Waals surface area (Å²) in [4.78, 5) is 32.0. The first kappa shape index (κ1) is 31.2. The Morgan fingerprint density at radius 2 is 1.73 bits per heavy atom. The van der Waals surface area contributed by atoms with Crippen LogP contribution in [0.15, 0.2) is 36.1 Å². The Morgan fingerprint density at radius 1 is 1.10 bits per heavy atom. The molecule has 1 atom stereocenters. The molecule has 1 aromatic carbocycles. The predicted molar refractivity (Wildman–Crippen MR) is 168 cm³/mol. The standard InChI is InChI=1S/C35H49NO4Si/c1-11-39-33(38)24-17-15-23(16-18-24)32(37)30-29(26-13-12-14-28(26)40-41(9,10)34(4,5)6)25-19-20-35(7,8)21-27(25)36-31(30)22(2)3/h14-18,22,26H,11-13,19-21H2,1-10H3/t26-/m1/s1. The molecule has 41 heavy (non-hydrogen) atoms. The molecule has 0 N–H and O–H groups in total. The summed E-state index contributed by atoms with van der Waals surface area (Å²) in [6.07, 6.45) is 7.02. The van der Waals surface area contributed by atoms with Crippen LogP contribution < -0.4 is 0 Å². The molecule has 0 saturated carbocycles. The fourth-order valence-electron chi connectivity index (χ4n) is 5.82. The molecule has 0 saturated heterocycles. The third kappa shape index (κ3) is 6.38. The van der Waals surface area contributed by atoms with Crippen molar-refractivity contribution in [3.05, 3.63) is 75.3 Å². The van der Waals surface area contributed by atoms with Crippen LogP contribution in [-0.4, -0.2) is 31.7 Å². The van der Waals surface area contributed by atoms with Crippen LogP contribution >= 0.6 is 0 Å². The summed E-state index contributed by atoms with van der Waals surface area (Å²) in [5.41, 5.74) is 6.32. The lowest BCUT2D eigenvalue weighted by Crippen LogP contribution is -2.41. The van der Waals surface area contributed by atoms with Crippen molar-refractivity contribution in [2.75, 3.05) is 6.61 Å². The molecule has 0 amide bonds. The molecule has 1 aromatic heterocycles. The average molecular weight is 576 g/mol. The Kier molecular flexibility index (Phi) is 8.76. The van der Waals surface area contributed by atoms with E-state index in [9.17, 15) is 9.59 Å². The van der Waals surface area contributed by atoms with Gasteiger partial charge in [-0.2, -0.15) is 0 Å². The van der Waals surface area contributed by atoms with E-state index in [0.717, 1.165) is 60.4 Å². The molecule has 222 valence electrons. The minimum Gasteiger partial charge on any atom is -0.546 e.